The zero-order chi connectivity index (χ0) is 30.3. The van der Waals surface area contributed by atoms with Crippen LogP contribution in [0.1, 0.15) is 49.5 Å². The van der Waals surface area contributed by atoms with Crippen LogP contribution in [0.4, 0.5) is 45.6 Å². The highest BCUT2D eigenvalue weighted by Crippen LogP contribution is 2.41. The lowest BCUT2D eigenvalue weighted by atomic mass is 9.81. The van der Waals surface area contributed by atoms with Crippen LogP contribution in [0, 0.1) is 17.8 Å². The molecule has 2 amide bonds. The Morgan fingerprint density at radius 3 is 2.49 bits per heavy atom. The van der Waals surface area contributed by atoms with Crippen LogP contribution in [0.5, 0.6) is 0 Å². The van der Waals surface area contributed by atoms with Gasteiger partial charge in [0, 0.05) is 44.8 Å². The van der Waals surface area contributed by atoms with Crippen molar-refractivity contribution >= 4 is 23.3 Å². The van der Waals surface area contributed by atoms with E-state index in [4.69, 9.17) is 0 Å². The van der Waals surface area contributed by atoms with Crippen LogP contribution in [0.2, 0.25) is 0 Å². The predicted molar refractivity (Wildman–Crippen MR) is 127 cm³/mol. The van der Waals surface area contributed by atoms with Crippen molar-refractivity contribution in [2.75, 3.05) is 25.0 Å². The Morgan fingerprint density at radius 2 is 1.90 bits per heavy atom. The van der Waals surface area contributed by atoms with E-state index < -0.39 is 92.8 Å². The fourth-order valence-corrected chi connectivity index (χ4v) is 5.47. The van der Waals surface area contributed by atoms with Gasteiger partial charge in [0.2, 0.25) is 11.8 Å². The molecule has 1 aliphatic carbocycles. The van der Waals surface area contributed by atoms with Crippen molar-refractivity contribution in [2.24, 2.45) is 17.8 Å². The molecule has 1 saturated carbocycles. The van der Waals surface area contributed by atoms with Gasteiger partial charge in [0.15, 0.2) is 5.65 Å². The number of alkyl halides is 8. The van der Waals surface area contributed by atoms with Gasteiger partial charge in [-0.15, -0.1) is 0 Å². The Morgan fingerprint density at radius 1 is 1.24 bits per heavy atom. The second-order valence-electron chi connectivity index (χ2n) is 10.7. The third kappa shape index (κ3) is 7.47. The lowest BCUT2D eigenvalue weighted by Crippen LogP contribution is -2.47. The molecule has 17 heteroatoms. The monoisotopic (exact) mass is 600 g/mol. The Balaban J connectivity index is 1.72. The molecule has 2 fully saturated rings. The summed E-state index contributed by atoms with van der Waals surface area (Å²) in [4.78, 5) is 29.0. The van der Waals surface area contributed by atoms with Crippen LogP contribution in [0.15, 0.2) is 12.3 Å². The van der Waals surface area contributed by atoms with Crippen molar-refractivity contribution in [1.82, 2.24) is 25.2 Å². The Kier molecular flexibility index (Phi) is 8.28. The number of piperidine rings is 1. The number of imidazole rings is 1. The van der Waals surface area contributed by atoms with Crippen LogP contribution in [0.25, 0.3) is 5.65 Å². The largest absolute Gasteiger partial charge is 0.465 e. The third-order valence-corrected chi connectivity index (χ3v) is 7.55. The van der Waals surface area contributed by atoms with Crippen molar-refractivity contribution in [2.45, 2.75) is 62.8 Å². The Bertz CT molecular complexity index is 1270. The van der Waals surface area contributed by atoms with Crippen LogP contribution in [0.3, 0.4) is 0 Å². The molecule has 0 aromatic carbocycles. The molecule has 2 unspecified atom stereocenters. The number of nitrogens with zero attached hydrogens (tertiary/aromatic N) is 4. The summed E-state index contributed by atoms with van der Waals surface area (Å²) >= 11 is 0. The number of hydrogen-bond donors (Lipinski definition) is 3. The van der Waals surface area contributed by atoms with Crippen molar-refractivity contribution in [3.05, 3.63) is 23.7 Å². The van der Waals surface area contributed by atoms with Gasteiger partial charge in [-0.25, -0.2) is 23.1 Å². The molecule has 2 aromatic heterocycles. The number of fused-ring (bicyclic) bond motifs is 1. The minimum absolute atomic E-state index is 0.00707. The maximum absolute atomic E-state index is 13.7. The van der Waals surface area contributed by atoms with Gasteiger partial charge in [0.25, 0.3) is 0 Å². The molecule has 0 radical (unpaired) electrons. The topological polar surface area (TPSA) is 112 Å². The summed E-state index contributed by atoms with van der Waals surface area (Å²) in [5, 5.41) is 18.1. The van der Waals surface area contributed by atoms with E-state index >= 15 is 0 Å². The molecule has 228 valence electrons. The minimum atomic E-state index is -4.65. The molecule has 1 saturated heterocycles. The van der Waals surface area contributed by atoms with E-state index in [1.54, 1.807) is 0 Å². The number of carbonyl (C=O) groups excluding carboxylic acids is 1. The summed E-state index contributed by atoms with van der Waals surface area (Å²) in [6, 6.07) is 0.189. The van der Waals surface area contributed by atoms with Gasteiger partial charge in [0.05, 0.1) is 35.2 Å². The van der Waals surface area contributed by atoms with Gasteiger partial charge in [-0.2, -0.15) is 31.4 Å². The molecule has 1 aliphatic heterocycles. The first kappa shape index (κ1) is 30.6. The number of halogens is 8. The van der Waals surface area contributed by atoms with E-state index in [1.807, 2.05) is 0 Å². The minimum Gasteiger partial charge on any atom is -0.465 e. The number of aromatic nitrogens is 3. The molecule has 3 atom stereocenters. The smallest absolute Gasteiger partial charge is 0.405 e. The quantitative estimate of drug-likeness (QED) is 0.397. The van der Waals surface area contributed by atoms with Crippen molar-refractivity contribution in [3.8, 4) is 0 Å². The van der Waals surface area contributed by atoms with Gasteiger partial charge >= 0.3 is 18.4 Å². The van der Waals surface area contributed by atoms with Gasteiger partial charge in [-0.05, 0) is 25.2 Å². The highest BCUT2D eigenvalue weighted by atomic mass is 19.4. The summed E-state index contributed by atoms with van der Waals surface area (Å²) in [5.41, 5.74) is -0.151. The van der Waals surface area contributed by atoms with Gasteiger partial charge in [0.1, 0.15) is 6.54 Å². The SMILES string of the molecule is CN(CC(F)(F)F)c1cc2nc(C(NC(=O)O)C3CCC(F)(F)CC3)cn2nc1CC1C[C@@H](C(F)(F)F)CNC1=O. The molecule has 2 aliphatic rings. The van der Waals surface area contributed by atoms with Crippen LogP contribution < -0.4 is 15.5 Å². The first-order chi connectivity index (χ1) is 18.9. The molecule has 2 aromatic rings. The molecule has 0 spiro atoms. The van der Waals surface area contributed by atoms with E-state index in [0.29, 0.717) is 0 Å². The molecular formula is C24H28F8N6O3. The molecule has 3 N–H and O–H groups in total. The second kappa shape index (κ2) is 11.1. The van der Waals surface area contributed by atoms with Crippen LogP contribution in [-0.2, 0) is 11.2 Å². The fourth-order valence-electron chi connectivity index (χ4n) is 5.47. The van der Waals surface area contributed by atoms with Crippen molar-refractivity contribution in [3.63, 3.8) is 0 Å². The van der Waals surface area contributed by atoms with E-state index in [0.717, 1.165) is 16.5 Å². The Hall–Kier alpha value is -3.40. The molecule has 4 rings (SSSR count). The van der Waals surface area contributed by atoms with Crippen molar-refractivity contribution in [1.29, 1.82) is 0 Å². The first-order valence-electron chi connectivity index (χ1n) is 12.8. The zero-order valence-corrected chi connectivity index (χ0v) is 21.7. The second-order valence-corrected chi connectivity index (χ2v) is 10.7. The summed E-state index contributed by atoms with van der Waals surface area (Å²) in [6.07, 6.45) is -11.3. The van der Waals surface area contributed by atoms with Crippen LogP contribution in [-0.4, -0.2) is 70.1 Å². The summed E-state index contributed by atoms with van der Waals surface area (Å²) in [5.74, 6) is -7.19. The number of amides is 2. The van der Waals surface area contributed by atoms with E-state index in [1.165, 1.54) is 12.3 Å². The normalized spacial score (nSPS) is 22.8. The van der Waals surface area contributed by atoms with Gasteiger partial charge in [-0.1, -0.05) is 0 Å². The Labute approximate surface area is 228 Å². The molecular weight excluding hydrogens is 572 g/mol. The first-order valence-corrected chi connectivity index (χ1v) is 12.8. The highest BCUT2D eigenvalue weighted by Gasteiger charge is 2.45. The third-order valence-electron chi connectivity index (χ3n) is 7.55. The number of carbonyl (C=O) groups is 2. The molecule has 0 bridgehead atoms. The average Bonchev–Trinajstić information content (AvgIpc) is 3.24. The van der Waals surface area contributed by atoms with Crippen molar-refractivity contribution < 1.29 is 49.8 Å². The number of nitrogens with one attached hydrogen (secondary N) is 2. The lowest BCUT2D eigenvalue weighted by molar-refractivity contribution is -0.183. The maximum Gasteiger partial charge on any atom is 0.405 e. The van der Waals surface area contributed by atoms with Gasteiger partial charge < -0.3 is 20.6 Å². The highest BCUT2D eigenvalue weighted by molar-refractivity contribution is 5.80. The molecule has 41 heavy (non-hydrogen) atoms. The summed E-state index contributed by atoms with van der Waals surface area (Å²) in [6.45, 7) is -2.05. The number of hydrogen-bond acceptors (Lipinski definition) is 5. The van der Waals surface area contributed by atoms with E-state index in [-0.39, 0.29) is 35.6 Å². The maximum atomic E-state index is 13.7. The number of rotatable bonds is 7. The number of carboxylic acid groups (broad SMARTS) is 1. The number of anilines is 1. The van der Waals surface area contributed by atoms with E-state index in [9.17, 15) is 49.8 Å². The van der Waals surface area contributed by atoms with Gasteiger partial charge in [-0.3, -0.25) is 4.79 Å². The summed E-state index contributed by atoms with van der Waals surface area (Å²) < 4.78 is 108. The standard InChI is InChI=1S/C24H28F8N6O3/c1-37(11-23(27,28)29)17-8-18-34-16(19(35-21(40)41)12-2-4-22(25,26)5-3-12)10-38(18)36-15(17)7-13-6-14(24(30,31)32)9-33-20(13)39/h8,10,12-14,19,35H,2-7,9,11H2,1H3,(H,33,39)(H,40,41)/t13?,14-,19?/m1/s1. The van der Waals surface area contributed by atoms with E-state index in [2.05, 4.69) is 20.7 Å². The molecule has 3 heterocycles. The molecule has 9 nitrogen and oxygen atoms in total. The average molecular weight is 601 g/mol. The van der Waals surface area contributed by atoms with Crippen LogP contribution >= 0.6 is 0 Å². The zero-order valence-electron chi connectivity index (χ0n) is 21.7. The summed E-state index contributed by atoms with van der Waals surface area (Å²) in [7, 11) is 1.10. The lowest BCUT2D eigenvalue weighted by Gasteiger charge is -2.32. The fraction of sp³-hybridized carbons (Fsp3) is 0.667. The predicted octanol–water partition coefficient (Wildman–Crippen LogP) is 4.72.